The molecular formula is C10H15NO4. The van der Waals surface area contributed by atoms with Gasteiger partial charge >= 0.3 is 0 Å². The molecule has 2 amide bonds. The topological polar surface area (TPSA) is 66.8 Å². The predicted molar refractivity (Wildman–Crippen MR) is 50.9 cm³/mol. The molecule has 84 valence electrons. The lowest BCUT2D eigenvalue weighted by molar-refractivity contribution is -0.171. The van der Waals surface area contributed by atoms with Crippen LogP contribution in [0.15, 0.2) is 0 Å². The smallest absolute Gasteiger partial charge is 0.258 e. The average molecular weight is 213 g/mol. The molecule has 0 aliphatic carbocycles. The number of morpholine rings is 1. The van der Waals surface area contributed by atoms with Crippen LogP contribution in [0.25, 0.3) is 0 Å². The number of rotatable bonds is 2. The van der Waals surface area contributed by atoms with Crippen LogP contribution in [0.2, 0.25) is 0 Å². The maximum Gasteiger partial charge on any atom is 0.258 e. The van der Waals surface area contributed by atoms with Crippen molar-refractivity contribution in [3.8, 4) is 0 Å². The Morgan fingerprint density at radius 1 is 1.33 bits per heavy atom. The molecule has 5 heteroatoms. The van der Waals surface area contributed by atoms with E-state index in [0.717, 1.165) is 4.90 Å². The molecule has 0 aromatic carbocycles. The zero-order valence-electron chi connectivity index (χ0n) is 8.90. The molecule has 0 aromatic rings. The number of imide groups is 1. The van der Waals surface area contributed by atoms with Gasteiger partial charge in [-0.05, 0) is 26.7 Å². The van der Waals surface area contributed by atoms with Crippen molar-refractivity contribution < 1.29 is 19.4 Å². The van der Waals surface area contributed by atoms with Gasteiger partial charge in [0.25, 0.3) is 11.8 Å². The van der Waals surface area contributed by atoms with Gasteiger partial charge in [-0.3, -0.25) is 14.5 Å². The van der Waals surface area contributed by atoms with E-state index < -0.39 is 17.8 Å². The lowest BCUT2D eigenvalue weighted by atomic mass is 10.1. The number of carbonyl (C=O) groups excluding carboxylic acids is 2. The first-order valence-electron chi connectivity index (χ1n) is 5.11. The Hall–Kier alpha value is -0.940. The molecule has 0 aromatic heterocycles. The molecule has 2 atom stereocenters. The van der Waals surface area contributed by atoms with Crippen molar-refractivity contribution in [3.05, 3.63) is 0 Å². The van der Waals surface area contributed by atoms with Crippen molar-refractivity contribution in [2.75, 3.05) is 6.54 Å². The van der Waals surface area contributed by atoms with Crippen LogP contribution in [0.3, 0.4) is 0 Å². The van der Waals surface area contributed by atoms with Crippen LogP contribution in [0.1, 0.15) is 26.7 Å². The number of aliphatic hydroxyl groups is 1. The summed E-state index contributed by atoms with van der Waals surface area (Å²) in [7, 11) is 0. The first kappa shape index (κ1) is 10.6. The fraction of sp³-hybridized carbons (Fsp3) is 0.800. The highest BCUT2D eigenvalue weighted by Gasteiger charge is 2.47. The second kappa shape index (κ2) is 3.28. The first-order valence-corrected chi connectivity index (χ1v) is 5.11. The number of hydrogen-bond acceptors (Lipinski definition) is 4. The lowest BCUT2D eigenvalue weighted by Crippen LogP contribution is -2.55. The Labute approximate surface area is 88.0 Å². The normalized spacial score (nSPS) is 31.3. The Morgan fingerprint density at radius 2 is 1.80 bits per heavy atom. The second-order valence-corrected chi connectivity index (χ2v) is 4.77. The van der Waals surface area contributed by atoms with Gasteiger partial charge in [-0.15, -0.1) is 0 Å². The maximum atomic E-state index is 11.7. The average Bonchev–Trinajstić information content (AvgIpc) is 2.54. The van der Waals surface area contributed by atoms with Crippen molar-refractivity contribution in [2.24, 2.45) is 0 Å². The number of fused-ring (bicyclic) bond motifs is 2. The third-order valence-corrected chi connectivity index (χ3v) is 2.65. The molecule has 0 saturated carbocycles. The largest absolute Gasteiger partial charge is 0.389 e. The Balaban J connectivity index is 2.17. The fourth-order valence-electron chi connectivity index (χ4n) is 2.00. The van der Waals surface area contributed by atoms with Crippen molar-refractivity contribution >= 4 is 11.8 Å². The molecular weight excluding hydrogens is 198 g/mol. The van der Waals surface area contributed by atoms with Crippen molar-refractivity contribution in [3.63, 3.8) is 0 Å². The number of likely N-dealkylation sites (tertiary alicyclic amines) is 1. The van der Waals surface area contributed by atoms with Crippen LogP contribution >= 0.6 is 0 Å². The van der Waals surface area contributed by atoms with Crippen LogP contribution in [0.4, 0.5) is 0 Å². The lowest BCUT2D eigenvalue weighted by Gasteiger charge is -2.33. The minimum atomic E-state index is -1.05. The van der Waals surface area contributed by atoms with E-state index in [-0.39, 0.29) is 18.4 Å². The zero-order chi connectivity index (χ0) is 11.2. The molecule has 2 aliphatic rings. The molecule has 2 rings (SSSR count). The summed E-state index contributed by atoms with van der Waals surface area (Å²) in [5.41, 5.74) is -1.05. The van der Waals surface area contributed by atoms with Crippen molar-refractivity contribution in [1.29, 1.82) is 0 Å². The summed E-state index contributed by atoms with van der Waals surface area (Å²) >= 11 is 0. The highest BCUT2D eigenvalue weighted by molar-refractivity contribution is 6.02. The fourth-order valence-corrected chi connectivity index (χ4v) is 2.00. The minimum Gasteiger partial charge on any atom is -0.389 e. The van der Waals surface area contributed by atoms with Crippen LogP contribution in [-0.4, -0.2) is 46.2 Å². The van der Waals surface area contributed by atoms with Gasteiger partial charge in [-0.2, -0.15) is 0 Å². The number of nitrogens with zero attached hydrogens (tertiary/aromatic N) is 1. The van der Waals surface area contributed by atoms with E-state index in [2.05, 4.69) is 0 Å². The Kier molecular flexibility index (Phi) is 2.31. The van der Waals surface area contributed by atoms with Crippen molar-refractivity contribution in [2.45, 2.75) is 44.5 Å². The summed E-state index contributed by atoms with van der Waals surface area (Å²) in [6, 6.07) is 0. The van der Waals surface area contributed by atoms with E-state index in [0.29, 0.717) is 12.8 Å². The van der Waals surface area contributed by atoms with Crippen LogP contribution in [0.5, 0.6) is 0 Å². The molecule has 2 fully saturated rings. The monoisotopic (exact) mass is 213 g/mol. The molecule has 1 N–H and O–H groups in total. The van der Waals surface area contributed by atoms with Crippen LogP contribution in [-0.2, 0) is 14.3 Å². The van der Waals surface area contributed by atoms with E-state index in [1.165, 1.54) is 0 Å². The molecule has 2 heterocycles. The van der Waals surface area contributed by atoms with Gasteiger partial charge in [-0.1, -0.05) is 0 Å². The summed E-state index contributed by atoms with van der Waals surface area (Å²) in [6.07, 6.45) is 0.264. The highest BCUT2D eigenvalue weighted by Crippen LogP contribution is 2.29. The van der Waals surface area contributed by atoms with E-state index in [1.54, 1.807) is 13.8 Å². The molecule has 2 bridgehead atoms. The summed E-state index contributed by atoms with van der Waals surface area (Å²) in [5.74, 6) is -0.619. The number of β-amino-alcohol motifs (C(OH)–C–C–N with tert-alkyl or cyclic N) is 1. The molecule has 5 nitrogen and oxygen atoms in total. The summed E-state index contributed by atoms with van der Waals surface area (Å²) in [4.78, 5) is 24.6. The van der Waals surface area contributed by atoms with Crippen molar-refractivity contribution in [1.82, 2.24) is 4.90 Å². The summed E-state index contributed by atoms with van der Waals surface area (Å²) in [6.45, 7) is 3.19. The summed E-state index contributed by atoms with van der Waals surface area (Å²) in [5, 5.41) is 9.61. The first-order chi connectivity index (χ1) is 6.88. The predicted octanol–water partition coefficient (Wildman–Crippen LogP) is -0.326. The maximum absolute atomic E-state index is 11.7. The standard InChI is InChI=1S/C10H15NO4/c1-10(2,14)5-11-8(12)6-3-4-7(15-6)9(11)13/h6-7,14H,3-5H2,1-2H3. The van der Waals surface area contributed by atoms with Gasteiger partial charge < -0.3 is 9.84 Å². The Morgan fingerprint density at radius 3 is 2.20 bits per heavy atom. The van der Waals surface area contributed by atoms with E-state index in [4.69, 9.17) is 4.74 Å². The molecule has 2 aliphatic heterocycles. The molecule has 2 saturated heterocycles. The molecule has 2 unspecified atom stereocenters. The third kappa shape index (κ3) is 1.89. The third-order valence-electron chi connectivity index (χ3n) is 2.65. The number of ether oxygens (including phenoxy) is 1. The SMILES string of the molecule is CC(C)(O)CN1C(=O)C2CCC(O2)C1=O. The van der Waals surface area contributed by atoms with E-state index in [9.17, 15) is 14.7 Å². The van der Waals surface area contributed by atoms with Gasteiger partial charge in [0.1, 0.15) is 12.2 Å². The Bertz CT molecular complexity index is 285. The summed E-state index contributed by atoms with van der Waals surface area (Å²) < 4.78 is 5.24. The van der Waals surface area contributed by atoms with Gasteiger partial charge in [-0.25, -0.2) is 0 Å². The quantitative estimate of drug-likeness (QED) is 0.638. The van der Waals surface area contributed by atoms with Gasteiger partial charge in [0, 0.05) is 0 Å². The minimum absolute atomic E-state index is 0.0427. The van der Waals surface area contributed by atoms with Gasteiger partial charge in [0.15, 0.2) is 0 Å². The molecule has 0 spiro atoms. The molecule has 15 heavy (non-hydrogen) atoms. The van der Waals surface area contributed by atoms with E-state index >= 15 is 0 Å². The van der Waals surface area contributed by atoms with Crippen LogP contribution in [0, 0.1) is 0 Å². The highest BCUT2D eigenvalue weighted by atomic mass is 16.5. The zero-order valence-corrected chi connectivity index (χ0v) is 8.90. The van der Waals surface area contributed by atoms with Gasteiger partial charge in [0.05, 0.1) is 12.1 Å². The number of carbonyl (C=O) groups is 2. The molecule has 0 radical (unpaired) electrons. The van der Waals surface area contributed by atoms with E-state index in [1.807, 2.05) is 0 Å². The van der Waals surface area contributed by atoms with Gasteiger partial charge in [0.2, 0.25) is 0 Å². The number of amides is 2. The van der Waals surface area contributed by atoms with Crippen LogP contribution < -0.4 is 0 Å². The number of hydrogen-bond donors (Lipinski definition) is 1. The second-order valence-electron chi connectivity index (χ2n) is 4.77.